The molecule has 0 saturated carbocycles. The Morgan fingerprint density at radius 1 is 1.14 bits per heavy atom. The van der Waals surface area contributed by atoms with Gasteiger partial charge in [0, 0.05) is 31.4 Å². The molecule has 1 N–H and O–H groups in total. The molecule has 0 radical (unpaired) electrons. The van der Waals surface area contributed by atoms with Crippen LogP contribution in [0.2, 0.25) is 0 Å². The summed E-state index contributed by atoms with van der Waals surface area (Å²) in [4.78, 5) is 27.1. The maximum atomic E-state index is 12.8. The lowest BCUT2D eigenvalue weighted by Crippen LogP contribution is -2.44. The molecule has 0 aromatic heterocycles. The van der Waals surface area contributed by atoms with E-state index in [4.69, 9.17) is 4.74 Å². The van der Waals surface area contributed by atoms with Crippen LogP contribution in [0.4, 0.5) is 4.79 Å². The Kier molecular flexibility index (Phi) is 6.39. The second-order valence-corrected chi connectivity index (χ2v) is 9.01. The minimum Gasteiger partial charge on any atom is -0.378 e. The van der Waals surface area contributed by atoms with Gasteiger partial charge >= 0.3 is 6.03 Å². The van der Waals surface area contributed by atoms with Crippen LogP contribution < -0.4 is 5.32 Å². The first-order chi connectivity index (χ1) is 13.8. The fourth-order valence-electron chi connectivity index (χ4n) is 3.39. The SMILES string of the molecule is CN(C(=O)NC(=O)C1=C(N2CCOCC2)/C(=C/c2ccccc2)CC1)S(C)(=O)=O. The highest BCUT2D eigenvalue weighted by Crippen LogP contribution is 2.35. The van der Waals surface area contributed by atoms with Crippen LogP contribution in [0, 0.1) is 0 Å². The van der Waals surface area contributed by atoms with Gasteiger partial charge in [0.1, 0.15) is 0 Å². The average Bonchev–Trinajstić information content (AvgIpc) is 3.11. The molecule has 0 spiro atoms. The number of benzene rings is 1. The zero-order chi connectivity index (χ0) is 21.0. The Labute approximate surface area is 170 Å². The van der Waals surface area contributed by atoms with E-state index in [1.165, 1.54) is 0 Å². The highest BCUT2D eigenvalue weighted by Gasteiger charge is 2.31. The summed E-state index contributed by atoms with van der Waals surface area (Å²) in [6, 6.07) is 8.86. The summed E-state index contributed by atoms with van der Waals surface area (Å²) in [5, 5.41) is 2.21. The number of allylic oxidation sites excluding steroid dienone is 1. The summed E-state index contributed by atoms with van der Waals surface area (Å²) in [5.41, 5.74) is 3.35. The van der Waals surface area contributed by atoms with Crippen molar-refractivity contribution in [2.45, 2.75) is 12.8 Å². The van der Waals surface area contributed by atoms with Crippen LogP contribution in [0.25, 0.3) is 6.08 Å². The lowest BCUT2D eigenvalue weighted by atomic mass is 10.1. The summed E-state index contributed by atoms with van der Waals surface area (Å²) in [6.45, 7) is 2.42. The minimum absolute atomic E-state index is 0.479. The molecule has 0 unspecified atom stereocenters. The number of ether oxygens (including phenoxy) is 1. The summed E-state index contributed by atoms with van der Waals surface area (Å²) in [7, 11) is -2.63. The van der Waals surface area contributed by atoms with Crippen molar-refractivity contribution in [2.24, 2.45) is 0 Å². The second kappa shape index (κ2) is 8.79. The molecule has 3 amide bonds. The van der Waals surface area contributed by atoms with Gasteiger partial charge in [0.25, 0.3) is 5.91 Å². The van der Waals surface area contributed by atoms with E-state index in [1.807, 2.05) is 30.3 Å². The van der Waals surface area contributed by atoms with E-state index in [0.717, 1.165) is 30.1 Å². The van der Waals surface area contributed by atoms with Gasteiger partial charge in [0.15, 0.2) is 0 Å². The molecule has 0 bridgehead atoms. The van der Waals surface area contributed by atoms with Crippen LogP contribution in [0.15, 0.2) is 47.2 Å². The number of hydrogen-bond acceptors (Lipinski definition) is 6. The number of carbonyl (C=O) groups excluding carboxylic acids is 2. The molecule has 1 aliphatic heterocycles. The van der Waals surface area contributed by atoms with E-state index >= 15 is 0 Å². The number of nitrogens with one attached hydrogen (secondary N) is 1. The molecule has 1 saturated heterocycles. The van der Waals surface area contributed by atoms with Crippen molar-refractivity contribution >= 4 is 28.0 Å². The summed E-state index contributed by atoms with van der Waals surface area (Å²) >= 11 is 0. The topological polar surface area (TPSA) is 96.0 Å². The highest BCUT2D eigenvalue weighted by molar-refractivity contribution is 7.88. The highest BCUT2D eigenvalue weighted by atomic mass is 32.2. The molecule has 156 valence electrons. The summed E-state index contributed by atoms with van der Waals surface area (Å²) < 4.78 is 29.1. The average molecular weight is 420 g/mol. The molecule has 8 nitrogen and oxygen atoms in total. The van der Waals surface area contributed by atoms with Crippen LogP contribution in [0.1, 0.15) is 18.4 Å². The van der Waals surface area contributed by atoms with Crippen molar-refractivity contribution in [3.05, 3.63) is 52.7 Å². The number of amides is 3. The molecule has 1 aromatic rings. The monoisotopic (exact) mass is 419 g/mol. The van der Waals surface area contributed by atoms with Crippen molar-refractivity contribution in [3.8, 4) is 0 Å². The molecule has 2 aliphatic rings. The van der Waals surface area contributed by atoms with E-state index in [9.17, 15) is 18.0 Å². The van der Waals surface area contributed by atoms with E-state index in [0.29, 0.717) is 49.0 Å². The summed E-state index contributed by atoms with van der Waals surface area (Å²) in [6.07, 6.45) is 4.11. The maximum Gasteiger partial charge on any atom is 0.337 e. The Morgan fingerprint density at radius 3 is 2.41 bits per heavy atom. The third kappa shape index (κ3) is 5.04. The smallest absolute Gasteiger partial charge is 0.337 e. The van der Waals surface area contributed by atoms with Crippen LogP contribution in [0.5, 0.6) is 0 Å². The molecule has 1 aromatic carbocycles. The lowest BCUT2D eigenvalue weighted by Gasteiger charge is -2.31. The number of imide groups is 1. The first-order valence-corrected chi connectivity index (χ1v) is 11.2. The van der Waals surface area contributed by atoms with Gasteiger partial charge in [-0.25, -0.2) is 17.5 Å². The molecular weight excluding hydrogens is 394 g/mol. The zero-order valence-electron chi connectivity index (χ0n) is 16.6. The van der Waals surface area contributed by atoms with Crippen molar-refractivity contribution in [1.29, 1.82) is 0 Å². The molecule has 0 atom stereocenters. The molecular formula is C20H25N3O5S. The van der Waals surface area contributed by atoms with Crippen molar-refractivity contribution < 1.29 is 22.7 Å². The zero-order valence-corrected chi connectivity index (χ0v) is 17.4. The minimum atomic E-state index is -3.74. The van der Waals surface area contributed by atoms with Gasteiger partial charge in [-0.05, 0) is 30.1 Å². The van der Waals surface area contributed by atoms with Crippen LogP contribution in [0.3, 0.4) is 0 Å². The Bertz CT molecular complexity index is 948. The number of hydrogen-bond donors (Lipinski definition) is 1. The van der Waals surface area contributed by atoms with Gasteiger partial charge in [0.2, 0.25) is 10.0 Å². The van der Waals surface area contributed by atoms with Gasteiger partial charge in [-0.15, -0.1) is 0 Å². The number of urea groups is 1. The van der Waals surface area contributed by atoms with Gasteiger partial charge in [0.05, 0.1) is 19.5 Å². The quantitative estimate of drug-likeness (QED) is 0.796. The Balaban J connectivity index is 1.91. The standard InChI is InChI=1S/C20H25N3O5S/c1-22(29(2,26)27)20(25)21-19(24)17-9-8-16(14-15-6-4-3-5-7-15)18(17)23-10-12-28-13-11-23/h3-7,14H,8-13H2,1-2H3,(H,21,24,25)/b16-14+. The number of sulfonamides is 1. The predicted octanol–water partition coefficient (Wildman–Crippen LogP) is 1.58. The molecule has 9 heteroatoms. The van der Waals surface area contributed by atoms with E-state index in [-0.39, 0.29) is 0 Å². The van der Waals surface area contributed by atoms with Gasteiger partial charge < -0.3 is 9.64 Å². The lowest BCUT2D eigenvalue weighted by molar-refractivity contribution is -0.116. The first-order valence-electron chi connectivity index (χ1n) is 9.38. The number of rotatable bonds is 4. The van der Waals surface area contributed by atoms with Gasteiger partial charge in [-0.1, -0.05) is 30.3 Å². The molecule has 3 rings (SSSR count). The van der Waals surface area contributed by atoms with Gasteiger partial charge in [-0.3, -0.25) is 10.1 Å². The normalized spacial score (nSPS) is 18.8. The third-order valence-corrected chi connectivity index (χ3v) is 6.14. The van der Waals surface area contributed by atoms with Crippen molar-refractivity contribution in [2.75, 3.05) is 39.6 Å². The van der Waals surface area contributed by atoms with E-state index in [1.54, 1.807) is 0 Å². The molecule has 29 heavy (non-hydrogen) atoms. The number of morpholine rings is 1. The van der Waals surface area contributed by atoms with Crippen LogP contribution in [-0.2, 0) is 19.6 Å². The number of nitrogens with zero attached hydrogens (tertiary/aromatic N) is 2. The Morgan fingerprint density at radius 2 is 1.79 bits per heavy atom. The fourth-order valence-corrected chi connectivity index (χ4v) is 3.73. The first kappa shape index (κ1) is 21.1. The molecule has 1 heterocycles. The predicted molar refractivity (Wildman–Crippen MR) is 109 cm³/mol. The fraction of sp³-hybridized carbons (Fsp3) is 0.400. The number of carbonyl (C=O) groups is 2. The van der Waals surface area contributed by atoms with Crippen molar-refractivity contribution in [3.63, 3.8) is 0 Å². The second-order valence-electron chi connectivity index (χ2n) is 7.00. The van der Waals surface area contributed by atoms with Crippen molar-refractivity contribution in [1.82, 2.24) is 14.5 Å². The Hall–Kier alpha value is -2.65. The van der Waals surface area contributed by atoms with E-state index < -0.39 is 22.0 Å². The molecule has 1 aliphatic carbocycles. The molecule has 1 fully saturated rings. The van der Waals surface area contributed by atoms with Crippen LogP contribution >= 0.6 is 0 Å². The van der Waals surface area contributed by atoms with E-state index in [2.05, 4.69) is 16.3 Å². The van der Waals surface area contributed by atoms with Gasteiger partial charge in [-0.2, -0.15) is 0 Å². The summed E-state index contributed by atoms with van der Waals surface area (Å²) in [5.74, 6) is -0.566. The largest absolute Gasteiger partial charge is 0.378 e. The third-order valence-electron chi connectivity index (χ3n) is 4.98. The van der Waals surface area contributed by atoms with Crippen LogP contribution in [-0.4, -0.2) is 69.2 Å². The maximum absolute atomic E-state index is 12.8.